The third-order valence-electron chi connectivity index (χ3n) is 8.15. The molecule has 0 aromatic heterocycles. The van der Waals surface area contributed by atoms with Crippen LogP contribution in [0.3, 0.4) is 0 Å². The number of fused-ring (bicyclic) bond motifs is 2. The molecule has 0 N–H and O–H groups in total. The third kappa shape index (κ3) is 2.38. The Morgan fingerprint density at radius 2 is 1.00 bits per heavy atom. The van der Waals surface area contributed by atoms with E-state index in [1.54, 1.807) is 11.1 Å². The Kier molecular flexibility index (Phi) is 5.25. The Morgan fingerprint density at radius 3 is 1.37 bits per heavy atom. The van der Waals surface area contributed by atoms with Crippen LogP contribution in [0.4, 0.5) is 0 Å². The molecule has 2 unspecified atom stereocenters. The fourth-order valence-corrected chi connectivity index (χ4v) is 29.7. The smallest absolute Gasteiger partial charge is 1.00 e. The zero-order valence-corrected chi connectivity index (χ0v) is 20.3. The summed E-state index contributed by atoms with van der Waals surface area (Å²) in [6.45, 7) is 10.3. The van der Waals surface area contributed by atoms with Crippen molar-refractivity contribution in [3.05, 3.63) is 82.9 Å². The molecule has 3 aliphatic rings. The van der Waals surface area contributed by atoms with E-state index >= 15 is 0 Å². The molecule has 0 amide bonds. The number of hydrogen-bond donors (Lipinski definition) is 0. The summed E-state index contributed by atoms with van der Waals surface area (Å²) in [5, 5.41) is 0. The molecule has 5 rings (SSSR count). The molecule has 1 saturated heterocycles. The Morgan fingerprint density at radius 1 is 0.630 bits per heavy atom. The summed E-state index contributed by atoms with van der Waals surface area (Å²) in [6.07, 6.45) is 9.94. The Labute approximate surface area is 180 Å². The minimum absolute atomic E-state index is 0. The SMILES string of the molecule is C[C]1(C)[C](C)(C)[Zr+2]1([CH]1C=Cc2ccccc21)[CH]1C=Cc2ccccc21.[Cl-].[Cl-]. The van der Waals surface area contributed by atoms with Crippen LogP contribution in [0.15, 0.2) is 60.7 Å². The van der Waals surface area contributed by atoms with Crippen molar-refractivity contribution in [2.45, 2.75) is 41.2 Å². The molecule has 0 nitrogen and oxygen atoms in total. The van der Waals surface area contributed by atoms with Gasteiger partial charge < -0.3 is 24.8 Å². The van der Waals surface area contributed by atoms with Crippen molar-refractivity contribution < 1.29 is 45.1 Å². The first-order valence-corrected chi connectivity index (χ1v) is 14.8. The normalized spacial score (nSPS) is 25.3. The van der Waals surface area contributed by atoms with Crippen molar-refractivity contribution in [1.82, 2.24) is 0 Å². The van der Waals surface area contributed by atoms with Crippen molar-refractivity contribution in [1.29, 1.82) is 0 Å². The van der Waals surface area contributed by atoms with E-state index in [1.165, 1.54) is 11.1 Å². The minimum atomic E-state index is -2.71. The van der Waals surface area contributed by atoms with E-state index in [1.807, 2.05) is 0 Å². The standard InChI is InChI=1S/2C9H7.C6H12.2ClH.Zr/c2*1-2-5-9-7-3-6-8(9)4-1;1-5(2)6(3)4;;;/h2*1-7H;1-4H3;2*1H;/q;;;;;+2/p-2. The van der Waals surface area contributed by atoms with Crippen LogP contribution in [-0.2, 0) is 20.3 Å². The summed E-state index contributed by atoms with van der Waals surface area (Å²) in [6, 6.07) is 18.2. The van der Waals surface area contributed by atoms with E-state index in [0.717, 1.165) is 0 Å². The van der Waals surface area contributed by atoms with Gasteiger partial charge in [0.2, 0.25) is 0 Å². The molecule has 2 aliphatic carbocycles. The maximum atomic E-state index is 2.58. The number of halogens is 2. The fraction of sp³-hybridized carbons (Fsp3) is 0.333. The van der Waals surface area contributed by atoms with Gasteiger partial charge in [0.05, 0.1) is 0 Å². The van der Waals surface area contributed by atoms with Crippen molar-refractivity contribution in [2.24, 2.45) is 0 Å². The van der Waals surface area contributed by atoms with E-state index in [-0.39, 0.29) is 24.8 Å². The fourth-order valence-electron chi connectivity index (χ4n) is 6.44. The van der Waals surface area contributed by atoms with Gasteiger partial charge >= 0.3 is 157 Å². The van der Waals surface area contributed by atoms with Crippen molar-refractivity contribution >= 4 is 12.2 Å². The molecular formula is C24H26Cl2Zr. The van der Waals surface area contributed by atoms with Crippen LogP contribution in [0.2, 0.25) is 6.25 Å². The van der Waals surface area contributed by atoms with Crippen LogP contribution in [0.1, 0.15) is 57.2 Å². The molecule has 0 spiro atoms. The molecule has 1 aliphatic heterocycles. The second-order valence-corrected chi connectivity index (χ2v) is 22.5. The van der Waals surface area contributed by atoms with Gasteiger partial charge in [0.15, 0.2) is 0 Å². The number of hydrogen-bond acceptors (Lipinski definition) is 0. The monoisotopic (exact) mass is 474 g/mol. The van der Waals surface area contributed by atoms with E-state index in [9.17, 15) is 0 Å². The molecule has 2 aromatic rings. The Bertz CT molecular complexity index is 861. The Balaban J connectivity index is 0.00000105. The first-order chi connectivity index (χ1) is 11.9. The maximum absolute atomic E-state index is 2.71. The van der Waals surface area contributed by atoms with E-state index in [0.29, 0.717) is 13.5 Å². The first-order valence-electron chi connectivity index (χ1n) is 9.47. The average molecular weight is 477 g/mol. The summed E-state index contributed by atoms with van der Waals surface area (Å²) in [5.41, 5.74) is 6.12. The summed E-state index contributed by atoms with van der Waals surface area (Å²) in [5.74, 6) is 0. The molecule has 3 heteroatoms. The predicted molar refractivity (Wildman–Crippen MR) is 105 cm³/mol. The van der Waals surface area contributed by atoms with Gasteiger partial charge in [0.25, 0.3) is 0 Å². The second-order valence-electron chi connectivity index (χ2n) is 9.05. The molecular weight excluding hydrogens is 450 g/mol. The van der Waals surface area contributed by atoms with Gasteiger partial charge in [-0.05, 0) is 0 Å². The zero-order chi connectivity index (χ0) is 17.4. The van der Waals surface area contributed by atoms with Gasteiger partial charge in [-0.1, -0.05) is 0 Å². The second kappa shape index (κ2) is 6.72. The molecule has 27 heavy (non-hydrogen) atoms. The number of rotatable bonds is 2. The minimum Gasteiger partial charge on any atom is -1.00 e. The summed E-state index contributed by atoms with van der Waals surface area (Å²) >= 11 is -2.71. The predicted octanol–water partition coefficient (Wildman–Crippen LogP) is 1.10. The van der Waals surface area contributed by atoms with Gasteiger partial charge in [-0.25, -0.2) is 0 Å². The van der Waals surface area contributed by atoms with Gasteiger partial charge in [-0.3, -0.25) is 0 Å². The van der Waals surface area contributed by atoms with Gasteiger partial charge in [-0.15, -0.1) is 0 Å². The van der Waals surface area contributed by atoms with Crippen LogP contribution in [0.25, 0.3) is 12.2 Å². The van der Waals surface area contributed by atoms with Crippen LogP contribution in [0, 0.1) is 0 Å². The van der Waals surface area contributed by atoms with Gasteiger partial charge in [0.1, 0.15) is 0 Å². The van der Waals surface area contributed by atoms with Gasteiger partial charge in [-0.2, -0.15) is 0 Å². The Hall–Kier alpha value is -0.617. The summed E-state index contributed by atoms with van der Waals surface area (Å²) < 4.78 is 2.36. The molecule has 0 saturated carbocycles. The summed E-state index contributed by atoms with van der Waals surface area (Å²) in [7, 11) is 0. The first kappa shape index (κ1) is 21.1. The van der Waals surface area contributed by atoms with Crippen LogP contribution in [0.5, 0.6) is 0 Å². The zero-order valence-electron chi connectivity index (χ0n) is 16.3. The van der Waals surface area contributed by atoms with Crippen LogP contribution >= 0.6 is 0 Å². The van der Waals surface area contributed by atoms with Crippen LogP contribution < -0.4 is 24.8 Å². The van der Waals surface area contributed by atoms with Crippen molar-refractivity contribution in [3.8, 4) is 0 Å². The average Bonchev–Trinajstić information content (AvgIpc) is 3.07. The molecule has 1 fully saturated rings. The van der Waals surface area contributed by atoms with Crippen molar-refractivity contribution in [3.63, 3.8) is 0 Å². The van der Waals surface area contributed by atoms with Gasteiger partial charge in [0, 0.05) is 0 Å². The van der Waals surface area contributed by atoms with E-state index < -0.39 is 20.3 Å². The largest absolute Gasteiger partial charge is 1.00 e. The topological polar surface area (TPSA) is 0 Å². The maximum Gasteiger partial charge on any atom is -1.00 e. The molecule has 2 aromatic carbocycles. The molecule has 140 valence electrons. The molecule has 0 radical (unpaired) electrons. The van der Waals surface area contributed by atoms with E-state index in [4.69, 9.17) is 0 Å². The molecule has 1 heterocycles. The van der Waals surface area contributed by atoms with E-state index in [2.05, 4.69) is 101 Å². The third-order valence-corrected chi connectivity index (χ3v) is 28.1. The number of allylic oxidation sites excluding steroid dienone is 2. The van der Waals surface area contributed by atoms with Crippen LogP contribution in [-0.4, -0.2) is 0 Å². The summed E-state index contributed by atoms with van der Waals surface area (Å²) in [4.78, 5) is 0. The quantitative estimate of drug-likeness (QED) is 0.609. The molecule has 0 bridgehead atoms. The molecule has 2 atom stereocenters. The number of benzene rings is 2. The van der Waals surface area contributed by atoms with Crippen molar-refractivity contribution in [2.75, 3.05) is 0 Å².